The molecular formula is C49H70BrCl2F9K2N6O7. The number of ether oxygens (including phenoxy) is 2. The van der Waals surface area contributed by atoms with Crippen molar-refractivity contribution >= 4 is 57.8 Å². The first-order valence-corrected chi connectivity index (χ1v) is 24.9. The average molecular weight is 1260 g/mol. The molecule has 3 heterocycles. The van der Waals surface area contributed by atoms with Crippen LogP contribution in [0.25, 0.3) is 0 Å². The molecule has 76 heavy (non-hydrogen) atoms. The van der Waals surface area contributed by atoms with Gasteiger partial charge in [0.25, 0.3) is 6.47 Å². The Kier molecular flexibility index (Phi) is 42.2. The number of piperazine rings is 3. The van der Waals surface area contributed by atoms with Crippen LogP contribution in [0, 0.1) is 0 Å². The molecule has 13 nitrogen and oxygen atoms in total. The molecule has 3 aromatic rings. The minimum absolute atomic E-state index is 0. The normalized spacial score (nSPS) is 15.0. The Labute approximate surface area is 546 Å². The summed E-state index contributed by atoms with van der Waals surface area (Å²) in [6.07, 6.45) is -13.4. The zero-order valence-electron chi connectivity index (χ0n) is 44.5. The van der Waals surface area contributed by atoms with Gasteiger partial charge in [0.05, 0.1) is 22.0 Å². The Hall–Kier alpha value is -0.827. The zero-order valence-corrected chi connectivity index (χ0v) is 52.8. The number of amides is 2. The molecule has 3 aromatic carbocycles. The van der Waals surface area contributed by atoms with Crippen LogP contribution in [0.5, 0.6) is 0 Å². The number of hydrogen-bond donors (Lipinski definition) is 2. The van der Waals surface area contributed by atoms with Gasteiger partial charge in [0.2, 0.25) is 0 Å². The Morgan fingerprint density at radius 1 is 0.592 bits per heavy atom. The number of nitrogens with zero attached hydrogens (tertiary/aromatic N) is 4. The molecule has 0 spiro atoms. The molecule has 0 bridgehead atoms. The standard InChI is InChI=1S/C17H23F3N2O2.C12H15F3N2.C9H18N2O2.C8H6BrF3.CH2Cl2.CH2O3.CH4.2K.H/c1-16(2,3)24-15(23)22-9-7-21(8-10-22)12-13-5-4-6-14(11-13)17(18,19)20;13-12(14,15)11-3-1-2-10(8-11)9-17-6-4-16-5-7-17;1-9(2,3)13-8(12)11-6-4-10-5-7-11;9-5-6-2-1-3-7(4-6)8(10,11)12;2-1-3;2-1-4-3;;;;/h4-6,11H,7-10,12H2,1-3H3;1-3,8,16H,4-7,9H2;10H,4-7H2,1-3H3;1-4H,5H2;1H2;1,3H;1H4;;;/q;;;;;;;2*+1;-1/p-1. The third-order valence-corrected chi connectivity index (χ3v) is 10.4. The van der Waals surface area contributed by atoms with Gasteiger partial charge in [-0.25, -0.2) is 9.59 Å². The fourth-order valence-corrected chi connectivity index (χ4v) is 6.85. The Morgan fingerprint density at radius 3 is 1.18 bits per heavy atom. The van der Waals surface area contributed by atoms with E-state index in [0.717, 1.165) is 82.2 Å². The van der Waals surface area contributed by atoms with Crippen molar-refractivity contribution in [3.05, 3.63) is 106 Å². The number of benzene rings is 3. The molecule has 27 heteroatoms. The maximum Gasteiger partial charge on any atom is 1.00 e. The molecule has 0 unspecified atom stereocenters. The number of halogens is 12. The summed E-state index contributed by atoms with van der Waals surface area (Å²) in [5.74, 6) is 0. The van der Waals surface area contributed by atoms with Gasteiger partial charge in [-0.1, -0.05) is 78.0 Å². The summed E-state index contributed by atoms with van der Waals surface area (Å²) in [6, 6.07) is 16.2. The van der Waals surface area contributed by atoms with Gasteiger partial charge in [-0.2, -0.15) is 39.5 Å². The smallest absolute Gasteiger partial charge is 1.00 e. The van der Waals surface area contributed by atoms with Crippen LogP contribution in [0.3, 0.4) is 0 Å². The van der Waals surface area contributed by atoms with E-state index >= 15 is 0 Å². The van der Waals surface area contributed by atoms with E-state index in [1.54, 1.807) is 28.0 Å². The van der Waals surface area contributed by atoms with Crippen molar-refractivity contribution in [2.24, 2.45) is 0 Å². The van der Waals surface area contributed by atoms with E-state index < -0.39 is 40.8 Å². The molecule has 0 atom stereocenters. The summed E-state index contributed by atoms with van der Waals surface area (Å²) in [6.45, 7) is 20.9. The quantitative estimate of drug-likeness (QED) is 0.0871. The van der Waals surface area contributed by atoms with Gasteiger partial charge in [0.1, 0.15) is 11.2 Å². The van der Waals surface area contributed by atoms with Crippen molar-refractivity contribution in [1.82, 2.24) is 30.2 Å². The van der Waals surface area contributed by atoms with Crippen LogP contribution in [-0.2, 0) is 56.1 Å². The second kappa shape index (κ2) is 40.4. The molecule has 0 aromatic heterocycles. The average Bonchev–Trinajstić information content (AvgIpc) is 3.32. The largest absolute Gasteiger partial charge is 1.00 e. The molecule has 2 amide bonds. The van der Waals surface area contributed by atoms with Crippen molar-refractivity contribution in [3.63, 3.8) is 0 Å². The summed E-state index contributed by atoms with van der Waals surface area (Å²) >= 11 is 12.6. The number of carbonyl (C=O) groups is 3. The van der Waals surface area contributed by atoms with E-state index in [-0.39, 0.29) is 141 Å². The van der Waals surface area contributed by atoms with Gasteiger partial charge in [-0.05, 0) is 76.4 Å². The van der Waals surface area contributed by atoms with E-state index in [1.165, 1.54) is 30.3 Å². The fourth-order valence-electron chi connectivity index (χ4n) is 6.50. The van der Waals surface area contributed by atoms with E-state index in [2.05, 4.69) is 36.4 Å². The Bertz CT molecular complexity index is 2070. The maximum absolute atomic E-state index is 12.8. The number of alkyl halides is 12. The minimum Gasteiger partial charge on any atom is -1.00 e. The number of hydrogen-bond acceptors (Lipinski definition) is 11. The molecule has 0 saturated carbocycles. The first-order chi connectivity index (χ1) is 34.0. The van der Waals surface area contributed by atoms with Gasteiger partial charge in [-0.15, -0.1) is 23.2 Å². The molecule has 6 rings (SSSR count). The number of carbonyl (C=O) groups excluding carboxylic acids is 3. The third-order valence-electron chi connectivity index (χ3n) is 9.77. The molecule has 3 fully saturated rings. The van der Waals surface area contributed by atoms with Crippen LogP contribution >= 0.6 is 39.1 Å². The second-order valence-corrected chi connectivity index (χ2v) is 19.4. The minimum atomic E-state index is -4.33. The maximum atomic E-state index is 12.8. The number of nitrogens with one attached hydrogen (secondary N) is 2. The SMILES string of the molecule is C.CC(C)(C)OC(=O)N1CCN(Cc2cccc(C(F)(F)F)c2)CC1.CC(C)(C)OC(=O)N1CCNCC1.ClCCl.FC(F)(F)c1cccc(CBr)c1.FC(F)(F)c1cccc(CN2CCNCC2)c1.O=CO[O-].[H-].[K+].[K+]. The summed E-state index contributed by atoms with van der Waals surface area (Å²) in [4.78, 5) is 42.3. The fraction of sp³-hybridized carbons (Fsp3) is 0.571. The van der Waals surface area contributed by atoms with Crippen LogP contribution in [-0.4, -0.2) is 133 Å². The molecular weight excluding hydrogens is 1180 g/mol. The van der Waals surface area contributed by atoms with Crippen molar-refractivity contribution < 1.29 is 178 Å². The van der Waals surface area contributed by atoms with Gasteiger partial charge < -0.3 is 41.5 Å². The van der Waals surface area contributed by atoms with Crippen molar-refractivity contribution in [3.8, 4) is 0 Å². The second-order valence-electron chi connectivity index (χ2n) is 18.0. The first-order valence-electron chi connectivity index (χ1n) is 22.7. The molecule has 3 aliphatic heterocycles. The summed E-state index contributed by atoms with van der Waals surface area (Å²) in [5, 5.41) is 15.5. The van der Waals surface area contributed by atoms with Crippen molar-refractivity contribution in [2.75, 3.05) is 83.9 Å². The molecule has 424 valence electrons. The van der Waals surface area contributed by atoms with Crippen LogP contribution in [0.2, 0.25) is 0 Å². The van der Waals surface area contributed by atoms with Gasteiger partial charge >= 0.3 is 133 Å². The molecule has 2 N–H and O–H groups in total. The van der Waals surface area contributed by atoms with Crippen LogP contribution in [0.4, 0.5) is 49.1 Å². The monoisotopic (exact) mass is 1250 g/mol. The van der Waals surface area contributed by atoms with E-state index in [1.807, 2.05) is 46.4 Å². The van der Waals surface area contributed by atoms with Gasteiger partial charge in [0, 0.05) is 97.0 Å². The zero-order chi connectivity index (χ0) is 55.5. The molecule has 3 saturated heterocycles. The predicted molar refractivity (Wildman–Crippen MR) is 270 cm³/mol. The Balaban J connectivity index is -0.000000448. The summed E-state index contributed by atoms with van der Waals surface area (Å²) in [7, 11) is 0. The van der Waals surface area contributed by atoms with Gasteiger partial charge in [-0.3, -0.25) is 14.6 Å². The first kappa shape index (κ1) is 79.4. The predicted octanol–water partition coefficient (Wildman–Crippen LogP) is 4.91. The van der Waals surface area contributed by atoms with E-state index in [9.17, 15) is 49.1 Å². The summed E-state index contributed by atoms with van der Waals surface area (Å²) < 4.78 is 123. The van der Waals surface area contributed by atoms with Crippen LogP contribution in [0.15, 0.2) is 72.8 Å². The molecule has 0 radical (unpaired) electrons. The molecule has 0 aliphatic carbocycles. The third kappa shape index (κ3) is 36.5. The van der Waals surface area contributed by atoms with Crippen LogP contribution < -0.4 is 119 Å². The molecule has 3 aliphatic rings. The number of rotatable bonds is 6. The van der Waals surface area contributed by atoms with Crippen molar-refractivity contribution in [1.29, 1.82) is 0 Å². The van der Waals surface area contributed by atoms with Crippen molar-refractivity contribution in [2.45, 2.75) is 97.1 Å². The van der Waals surface area contributed by atoms with Gasteiger partial charge in [0.15, 0.2) is 0 Å². The van der Waals surface area contributed by atoms with E-state index in [0.29, 0.717) is 55.7 Å². The van der Waals surface area contributed by atoms with Crippen LogP contribution in [0.1, 0.15) is 83.8 Å². The summed E-state index contributed by atoms with van der Waals surface area (Å²) in [5.41, 5.74) is -0.743. The van der Waals surface area contributed by atoms with E-state index in [4.69, 9.17) is 42.7 Å². The Morgan fingerprint density at radius 2 is 0.882 bits per heavy atom. The topological polar surface area (TPSA) is 139 Å².